The quantitative estimate of drug-likeness (QED) is 0.387. The number of aliphatic carboxylic acids is 1. The highest BCUT2D eigenvalue weighted by Crippen LogP contribution is 2.30. The SMILES string of the molecule is CCOc1cccc(/C=N\NC(N)=S)c1OCC(=O)O. The average molecular weight is 297 g/mol. The van der Waals surface area contributed by atoms with E-state index in [1.165, 1.54) is 6.21 Å². The summed E-state index contributed by atoms with van der Waals surface area (Å²) < 4.78 is 10.6. The van der Waals surface area contributed by atoms with Crippen molar-refractivity contribution in [3.8, 4) is 11.5 Å². The molecule has 0 aromatic heterocycles. The minimum absolute atomic E-state index is 0.0233. The number of benzene rings is 1. The lowest BCUT2D eigenvalue weighted by atomic mass is 10.2. The van der Waals surface area contributed by atoms with E-state index in [0.29, 0.717) is 23.7 Å². The molecule has 1 rings (SSSR count). The van der Waals surface area contributed by atoms with Crippen molar-refractivity contribution in [3.05, 3.63) is 23.8 Å². The van der Waals surface area contributed by atoms with Crippen molar-refractivity contribution >= 4 is 29.5 Å². The molecule has 1 aromatic rings. The molecule has 1 aromatic carbocycles. The van der Waals surface area contributed by atoms with E-state index in [0.717, 1.165) is 0 Å². The molecule has 0 spiro atoms. The molecule has 0 saturated carbocycles. The maximum atomic E-state index is 10.6. The number of carbonyl (C=O) groups is 1. The Morgan fingerprint density at radius 1 is 1.55 bits per heavy atom. The standard InChI is InChI=1S/C12H15N3O4S/c1-2-18-9-5-3-4-8(6-14-15-12(13)20)11(9)19-7-10(16)17/h3-6H,2,7H2,1H3,(H,16,17)(H3,13,15,20)/b14-6-. The van der Waals surface area contributed by atoms with Crippen molar-refractivity contribution in [1.82, 2.24) is 5.43 Å². The monoisotopic (exact) mass is 297 g/mol. The number of para-hydroxylation sites is 1. The zero-order valence-electron chi connectivity index (χ0n) is 10.8. The second-order valence-corrected chi connectivity index (χ2v) is 3.96. The fraction of sp³-hybridized carbons (Fsp3) is 0.250. The van der Waals surface area contributed by atoms with E-state index in [2.05, 4.69) is 22.7 Å². The molecule has 0 heterocycles. The molecule has 0 bridgehead atoms. The van der Waals surface area contributed by atoms with Gasteiger partial charge in [0.15, 0.2) is 23.2 Å². The van der Waals surface area contributed by atoms with E-state index in [4.69, 9.17) is 20.3 Å². The van der Waals surface area contributed by atoms with Crippen molar-refractivity contribution in [1.29, 1.82) is 0 Å². The highest BCUT2D eigenvalue weighted by molar-refractivity contribution is 7.80. The number of rotatable bonds is 7. The van der Waals surface area contributed by atoms with E-state index in [-0.39, 0.29) is 5.11 Å². The van der Waals surface area contributed by atoms with E-state index >= 15 is 0 Å². The molecule has 0 aliphatic rings. The zero-order valence-corrected chi connectivity index (χ0v) is 11.6. The van der Waals surface area contributed by atoms with Crippen molar-refractivity contribution in [3.63, 3.8) is 0 Å². The number of thiocarbonyl (C=S) groups is 1. The Labute approximate surface area is 121 Å². The summed E-state index contributed by atoms with van der Waals surface area (Å²) in [5, 5.41) is 12.5. The average Bonchev–Trinajstić information content (AvgIpc) is 2.37. The van der Waals surface area contributed by atoms with E-state index in [1.807, 2.05) is 6.92 Å². The Balaban J connectivity index is 3.00. The van der Waals surface area contributed by atoms with Crippen molar-refractivity contribution in [2.24, 2.45) is 10.8 Å². The maximum Gasteiger partial charge on any atom is 0.341 e. The number of nitrogens with one attached hydrogen (secondary N) is 1. The van der Waals surface area contributed by atoms with Crippen LogP contribution in [0, 0.1) is 0 Å². The Bertz CT molecular complexity index is 519. The van der Waals surface area contributed by atoms with Gasteiger partial charge < -0.3 is 20.3 Å². The van der Waals surface area contributed by atoms with Gasteiger partial charge in [-0.15, -0.1) is 0 Å². The van der Waals surface area contributed by atoms with Gasteiger partial charge in [0, 0.05) is 5.56 Å². The first-order chi connectivity index (χ1) is 9.54. The van der Waals surface area contributed by atoms with Crippen LogP contribution in [-0.4, -0.2) is 35.6 Å². The fourth-order valence-corrected chi connectivity index (χ4v) is 1.41. The summed E-state index contributed by atoms with van der Waals surface area (Å²) in [6, 6.07) is 5.12. The van der Waals surface area contributed by atoms with Gasteiger partial charge in [-0.05, 0) is 31.3 Å². The second kappa shape index (κ2) is 7.95. The number of carboxylic acids is 1. The summed E-state index contributed by atoms with van der Waals surface area (Å²) in [4.78, 5) is 10.6. The molecule has 0 saturated heterocycles. The topological polar surface area (TPSA) is 106 Å². The number of hydrazone groups is 1. The lowest BCUT2D eigenvalue weighted by molar-refractivity contribution is -0.139. The first-order valence-electron chi connectivity index (χ1n) is 5.73. The van der Waals surface area contributed by atoms with Crippen molar-refractivity contribution in [2.75, 3.05) is 13.2 Å². The Morgan fingerprint density at radius 3 is 2.90 bits per heavy atom. The van der Waals surface area contributed by atoms with Crippen LogP contribution in [0.25, 0.3) is 0 Å². The molecule has 8 heteroatoms. The first-order valence-corrected chi connectivity index (χ1v) is 6.14. The summed E-state index contributed by atoms with van der Waals surface area (Å²) in [5.74, 6) is -0.348. The summed E-state index contributed by atoms with van der Waals surface area (Å²) in [6.45, 7) is 1.76. The molecule has 7 nitrogen and oxygen atoms in total. The first kappa shape index (κ1) is 15.7. The van der Waals surface area contributed by atoms with Crippen LogP contribution in [0.3, 0.4) is 0 Å². The Hall–Kier alpha value is -2.35. The summed E-state index contributed by atoms with van der Waals surface area (Å²) in [5.41, 5.74) is 8.19. The van der Waals surface area contributed by atoms with Gasteiger partial charge in [-0.2, -0.15) is 5.10 Å². The molecule has 0 aliphatic carbocycles. The van der Waals surface area contributed by atoms with Gasteiger partial charge in [0.25, 0.3) is 0 Å². The number of ether oxygens (including phenoxy) is 2. The van der Waals surface area contributed by atoms with Crippen LogP contribution < -0.4 is 20.6 Å². The highest BCUT2D eigenvalue weighted by Gasteiger charge is 2.11. The van der Waals surface area contributed by atoms with Gasteiger partial charge >= 0.3 is 5.97 Å². The number of hydrogen-bond donors (Lipinski definition) is 3. The minimum Gasteiger partial charge on any atom is -0.490 e. The number of carboxylic acid groups (broad SMARTS) is 1. The Kier molecular flexibility index (Phi) is 6.24. The summed E-state index contributed by atoms with van der Waals surface area (Å²) >= 11 is 4.62. The van der Waals surface area contributed by atoms with Crippen LogP contribution in [0.2, 0.25) is 0 Å². The van der Waals surface area contributed by atoms with E-state index in [9.17, 15) is 4.79 Å². The third kappa shape index (κ3) is 5.11. The predicted octanol–water partition coefficient (Wildman–Crippen LogP) is 0.716. The molecule has 0 fully saturated rings. The molecule has 0 radical (unpaired) electrons. The normalized spacial score (nSPS) is 10.2. The molecule has 4 N–H and O–H groups in total. The van der Waals surface area contributed by atoms with Gasteiger partial charge in [-0.1, -0.05) is 6.07 Å². The van der Waals surface area contributed by atoms with Crippen molar-refractivity contribution < 1.29 is 19.4 Å². The van der Waals surface area contributed by atoms with E-state index in [1.54, 1.807) is 18.2 Å². The largest absolute Gasteiger partial charge is 0.490 e. The molecule has 0 amide bonds. The summed E-state index contributed by atoms with van der Waals surface area (Å²) in [7, 11) is 0. The zero-order chi connectivity index (χ0) is 15.0. The van der Waals surface area contributed by atoms with Crippen LogP contribution in [0.1, 0.15) is 12.5 Å². The van der Waals surface area contributed by atoms with Gasteiger partial charge in [0.2, 0.25) is 0 Å². The maximum absolute atomic E-state index is 10.6. The van der Waals surface area contributed by atoms with Crippen LogP contribution in [0.5, 0.6) is 11.5 Å². The molecule has 20 heavy (non-hydrogen) atoms. The molecule has 0 aliphatic heterocycles. The van der Waals surface area contributed by atoms with Gasteiger partial charge in [0.05, 0.1) is 12.8 Å². The molecule has 0 atom stereocenters. The number of hydrogen-bond acceptors (Lipinski definition) is 5. The van der Waals surface area contributed by atoms with Gasteiger partial charge in [-0.3, -0.25) is 5.43 Å². The van der Waals surface area contributed by atoms with Gasteiger partial charge in [0.1, 0.15) is 0 Å². The van der Waals surface area contributed by atoms with Crippen LogP contribution >= 0.6 is 12.2 Å². The summed E-state index contributed by atoms with van der Waals surface area (Å²) in [6.07, 6.45) is 1.42. The van der Waals surface area contributed by atoms with Crippen molar-refractivity contribution in [2.45, 2.75) is 6.92 Å². The molecule has 0 unspecified atom stereocenters. The number of nitrogens with zero attached hydrogens (tertiary/aromatic N) is 1. The number of nitrogens with two attached hydrogens (primary N) is 1. The highest BCUT2D eigenvalue weighted by atomic mass is 32.1. The van der Waals surface area contributed by atoms with Crippen LogP contribution in [-0.2, 0) is 4.79 Å². The molecule has 108 valence electrons. The Morgan fingerprint density at radius 2 is 2.30 bits per heavy atom. The molecular formula is C12H15N3O4S. The second-order valence-electron chi connectivity index (χ2n) is 3.52. The third-order valence-electron chi connectivity index (χ3n) is 2.03. The fourth-order valence-electron chi connectivity index (χ4n) is 1.36. The minimum atomic E-state index is -1.08. The lowest BCUT2D eigenvalue weighted by Gasteiger charge is -2.12. The van der Waals surface area contributed by atoms with E-state index < -0.39 is 12.6 Å². The third-order valence-corrected chi connectivity index (χ3v) is 2.12. The smallest absolute Gasteiger partial charge is 0.341 e. The van der Waals surface area contributed by atoms with Crippen LogP contribution in [0.15, 0.2) is 23.3 Å². The lowest BCUT2D eigenvalue weighted by Crippen LogP contribution is -2.24. The van der Waals surface area contributed by atoms with Crippen LogP contribution in [0.4, 0.5) is 0 Å². The molecular weight excluding hydrogens is 282 g/mol. The van der Waals surface area contributed by atoms with Gasteiger partial charge in [-0.25, -0.2) is 4.79 Å². The predicted molar refractivity (Wildman–Crippen MR) is 78.3 cm³/mol.